The van der Waals surface area contributed by atoms with Crippen LogP contribution >= 0.6 is 11.3 Å². The number of nitrogens with two attached hydrogens (primary N) is 2. The number of methoxy groups -OCH3 is 1. The van der Waals surface area contributed by atoms with E-state index in [2.05, 4.69) is 25.6 Å². The van der Waals surface area contributed by atoms with Crippen LogP contribution in [0.5, 0.6) is 11.5 Å². The van der Waals surface area contributed by atoms with E-state index in [1.807, 2.05) is 44.7 Å². The van der Waals surface area contributed by atoms with E-state index in [9.17, 15) is 24.3 Å². The van der Waals surface area contributed by atoms with Gasteiger partial charge < -0.3 is 40.1 Å². The fourth-order valence-corrected chi connectivity index (χ4v) is 8.83. The van der Waals surface area contributed by atoms with Crippen molar-refractivity contribution in [2.75, 3.05) is 57.1 Å². The number of aliphatic hydroxyl groups excluding tert-OH is 1. The summed E-state index contributed by atoms with van der Waals surface area (Å²) < 4.78 is 17.3. The minimum absolute atomic E-state index is 0.162. The number of carbonyl (C=O) groups excluding carboxylic acids is 4. The van der Waals surface area contributed by atoms with Crippen molar-refractivity contribution < 1.29 is 33.8 Å². The number of rotatable bonds is 19. The molecule has 0 bridgehead atoms. The van der Waals surface area contributed by atoms with Crippen LogP contribution in [0.1, 0.15) is 84.5 Å². The van der Waals surface area contributed by atoms with Crippen molar-refractivity contribution in [3.63, 3.8) is 0 Å². The third-order valence-corrected chi connectivity index (χ3v) is 12.2. The van der Waals surface area contributed by atoms with E-state index < -0.39 is 23.9 Å². The highest BCUT2D eigenvalue weighted by Gasteiger charge is 2.25. The summed E-state index contributed by atoms with van der Waals surface area (Å²) in [5, 5.41) is 21.1. The number of fused-ring (bicyclic) bond motifs is 2. The average Bonchev–Trinajstić information content (AvgIpc) is 4.05. The van der Waals surface area contributed by atoms with Crippen LogP contribution in [0.2, 0.25) is 0 Å². The van der Waals surface area contributed by atoms with E-state index >= 15 is 0 Å². The van der Waals surface area contributed by atoms with Crippen molar-refractivity contribution in [3.05, 3.63) is 80.6 Å². The Morgan fingerprint density at radius 1 is 0.846 bits per heavy atom. The Hall–Kier alpha value is -6.68. The molecule has 0 spiro atoms. The Labute approximate surface area is 379 Å². The Morgan fingerprint density at radius 2 is 1.43 bits per heavy atom. The number of hydrogen-bond acceptors (Lipinski definition) is 14. The summed E-state index contributed by atoms with van der Waals surface area (Å²) in [6.07, 6.45) is 4.47. The molecule has 4 aromatic heterocycles. The first kappa shape index (κ1) is 46.3. The molecule has 0 saturated carbocycles. The Kier molecular flexibility index (Phi) is 14.3. The maximum Gasteiger partial charge on any atom is 0.276 e. The number of thiazole rings is 1. The number of nitrogens with zero attached hydrogens (tertiary/aromatic N) is 9. The fourth-order valence-electron chi connectivity index (χ4n) is 7.93. The van der Waals surface area contributed by atoms with Crippen molar-refractivity contribution in [2.24, 2.45) is 11.5 Å². The predicted molar refractivity (Wildman–Crippen MR) is 247 cm³/mol. The first-order chi connectivity index (χ1) is 31.2. The number of allylic oxidation sites excluding steroid dienone is 2. The van der Waals surface area contributed by atoms with Gasteiger partial charge >= 0.3 is 0 Å². The molecular formula is C44H55N13O7S. The van der Waals surface area contributed by atoms with Gasteiger partial charge in [0.05, 0.1) is 41.1 Å². The smallest absolute Gasteiger partial charge is 0.276 e. The van der Waals surface area contributed by atoms with Gasteiger partial charge in [-0.2, -0.15) is 5.10 Å². The highest BCUT2D eigenvalue weighted by atomic mass is 32.1. The lowest BCUT2D eigenvalue weighted by Crippen LogP contribution is -2.49. The number of aryl methyl sites for hydroxylation is 4. The quantitative estimate of drug-likeness (QED) is 0.0571. The number of hydrogen-bond donors (Lipinski definition) is 5. The van der Waals surface area contributed by atoms with Gasteiger partial charge in [-0.1, -0.05) is 19.1 Å². The van der Waals surface area contributed by atoms with E-state index in [0.29, 0.717) is 81.5 Å². The summed E-state index contributed by atoms with van der Waals surface area (Å²) in [4.78, 5) is 71.3. The number of aliphatic hydroxyl groups is 1. The van der Waals surface area contributed by atoms with Gasteiger partial charge in [0, 0.05) is 63.5 Å². The molecule has 21 heteroatoms. The Balaban J connectivity index is 1.23. The number of primary amides is 2. The molecule has 7 rings (SSSR count). The number of piperazine rings is 1. The molecule has 0 radical (unpaired) electrons. The van der Waals surface area contributed by atoms with Gasteiger partial charge in [-0.15, -0.1) is 11.3 Å². The number of imidazole rings is 2. The van der Waals surface area contributed by atoms with Crippen molar-refractivity contribution >= 4 is 68.9 Å². The van der Waals surface area contributed by atoms with Gasteiger partial charge in [-0.05, 0) is 70.9 Å². The zero-order chi connectivity index (χ0) is 46.5. The largest absolute Gasteiger partial charge is 0.494 e. The summed E-state index contributed by atoms with van der Waals surface area (Å²) in [5.41, 5.74) is 15.3. The van der Waals surface area contributed by atoms with Crippen LogP contribution in [0.25, 0.3) is 22.1 Å². The average molecular weight is 910 g/mol. The second-order valence-electron chi connectivity index (χ2n) is 15.6. The second-order valence-corrected chi connectivity index (χ2v) is 16.9. The lowest BCUT2D eigenvalue weighted by atomic mass is 10.1. The molecule has 0 aliphatic carbocycles. The van der Waals surface area contributed by atoms with Crippen LogP contribution in [0.4, 0.5) is 11.9 Å². The molecule has 7 N–H and O–H groups in total. The van der Waals surface area contributed by atoms with Crippen LogP contribution in [0.3, 0.4) is 0 Å². The van der Waals surface area contributed by atoms with Crippen LogP contribution < -0.4 is 31.6 Å². The van der Waals surface area contributed by atoms with E-state index in [1.165, 1.54) is 24.5 Å². The summed E-state index contributed by atoms with van der Waals surface area (Å²) in [5.74, 6) is -1.08. The zero-order valence-electron chi connectivity index (χ0n) is 37.4. The van der Waals surface area contributed by atoms with Crippen molar-refractivity contribution in [2.45, 2.75) is 73.3 Å². The molecule has 20 nitrogen and oxygen atoms in total. The molecule has 1 aliphatic rings. The molecule has 65 heavy (non-hydrogen) atoms. The summed E-state index contributed by atoms with van der Waals surface area (Å²) in [6.45, 7) is 14.3. The predicted octanol–water partition coefficient (Wildman–Crippen LogP) is 3.93. The fraction of sp³-hybridized carbons (Fsp3) is 0.409. The number of aromatic nitrogens is 7. The second kappa shape index (κ2) is 20.0. The molecule has 1 fully saturated rings. The number of benzene rings is 2. The SMILES string of the molecule is CCc1nc(C)sc1C(=O)Nc1nc2cc(C(N)=O)cc(OC)c2n1C/C=C/Cn1c(NC(=O)c2cc(C)nn2CC)nc2cc(C(N)=O)cc(OCCCN3CCN(C(C)O)CC3)c21. The molecule has 344 valence electrons. The van der Waals surface area contributed by atoms with Crippen LogP contribution in [-0.2, 0) is 26.1 Å². The maximum absolute atomic E-state index is 13.9. The van der Waals surface area contributed by atoms with Gasteiger partial charge in [0.2, 0.25) is 23.7 Å². The maximum atomic E-state index is 13.9. The number of amides is 4. The monoisotopic (exact) mass is 909 g/mol. The summed E-state index contributed by atoms with van der Waals surface area (Å²) >= 11 is 1.29. The molecule has 6 aromatic rings. The Bertz CT molecular complexity index is 2780. The summed E-state index contributed by atoms with van der Waals surface area (Å²) in [6, 6.07) is 7.92. The van der Waals surface area contributed by atoms with Gasteiger partial charge in [0.25, 0.3) is 11.8 Å². The topological polar surface area (TPSA) is 256 Å². The van der Waals surface area contributed by atoms with Crippen LogP contribution in [0.15, 0.2) is 42.5 Å². The van der Waals surface area contributed by atoms with Crippen LogP contribution in [0, 0.1) is 13.8 Å². The van der Waals surface area contributed by atoms with Crippen molar-refractivity contribution in [1.29, 1.82) is 0 Å². The first-order valence-electron chi connectivity index (χ1n) is 21.5. The van der Waals surface area contributed by atoms with Crippen molar-refractivity contribution in [1.82, 2.24) is 43.7 Å². The van der Waals surface area contributed by atoms with Crippen molar-refractivity contribution in [3.8, 4) is 11.5 Å². The molecule has 1 unspecified atom stereocenters. The molecule has 5 heterocycles. The highest BCUT2D eigenvalue weighted by molar-refractivity contribution is 7.13. The first-order valence-corrected chi connectivity index (χ1v) is 22.3. The molecule has 1 atom stereocenters. The van der Waals surface area contributed by atoms with Gasteiger partial charge in [0.1, 0.15) is 39.3 Å². The number of nitrogens with one attached hydrogen (secondary N) is 2. The highest BCUT2D eigenvalue weighted by Crippen LogP contribution is 2.33. The normalized spacial score (nSPS) is 14.1. The third-order valence-electron chi connectivity index (χ3n) is 11.2. The number of ether oxygens (including phenoxy) is 2. The standard InChI is InChI=1S/C44H55N13O7S/c1-7-30-38(65-26(4)47-30)42(62)51-44-48-31-21-28(39(45)59)23-34(63-6)36(31)55(44)13-9-10-14-56-37-32(49-43(56)50-41(61)33-20-25(3)52-57(33)8-2)22-29(40(46)60)24-35(37)64-19-11-12-53-15-17-54(18-16-53)27(5)58/h9-10,20-24,27,58H,7-8,11-19H2,1-6H3,(H2,45,59)(H2,46,60)(H,48,51,62)(H,49,50,61)/b10-9+. The third kappa shape index (κ3) is 10.2. The number of anilines is 2. The molecule has 1 saturated heterocycles. The molecule has 1 aliphatic heterocycles. The number of carbonyl (C=O) groups is 4. The molecular weight excluding hydrogens is 855 g/mol. The minimum Gasteiger partial charge on any atom is -0.494 e. The van der Waals surface area contributed by atoms with E-state index in [0.717, 1.165) is 37.7 Å². The zero-order valence-corrected chi connectivity index (χ0v) is 38.2. The minimum atomic E-state index is -0.666. The molecule has 2 aromatic carbocycles. The van der Waals surface area contributed by atoms with Gasteiger partial charge in [0.15, 0.2) is 0 Å². The Morgan fingerprint density at radius 3 is 1.98 bits per heavy atom. The van der Waals surface area contributed by atoms with Gasteiger partial charge in [-0.3, -0.25) is 39.4 Å². The van der Waals surface area contributed by atoms with E-state index in [4.69, 9.17) is 30.9 Å². The van der Waals surface area contributed by atoms with Gasteiger partial charge in [-0.25, -0.2) is 15.0 Å². The lowest BCUT2D eigenvalue weighted by Gasteiger charge is -2.36. The lowest BCUT2D eigenvalue weighted by molar-refractivity contribution is -0.0133. The summed E-state index contributed by atoms with van der Waals surface area (Å²) in [7, 11) is 1.47. The van der Waals surface area contributed by atoms with E-state index in [-0.39, 0.29) is 42.0 Å². The molecule has 4 amide bonds. The van der Waals surface area contributed by atoms with E-state index in [1.54, 1.807) is 45.0 Å². The van der Waals surface area contributed by atoms with Crippen LogP contribution in [-0.4, -0.2) is 125 Å².